The fraction of sp³-hybridized carbons (Fsp3) is 0.469. The van der Waals surface area contributed by atoms with Crippen LogP contribution in [0.15, 0.2) is 66.0 Å². The molecule has 6 heteroatoms. The van der Waals surface area contributed by atoms with Crippen LogP contribution < -0.4 is 10.6 Å². The summed E-state index contributed by atoms with van der Waals surface area (Å²) in [5.74, 6) is -0.0358. The first-order valence-electron chi connectivity index (χ1n) is 14.3. The van der Waals surface area contributed by atoms with E-state index in [-0.39, 0.29) is 5.91 Å². The van der Waals surface area contributed by atoms with Gasteiger partial charge in [0.05, 0.1) is 23.0 Å². The predicted molar refractivity (Wildman–Crippen MR) is 153 cm³/mol. The van der Waals surface area contributed by atoms with Gasteiger partial charge in [0.1, 0.15) is 0 Å². The molecule has 2 aromatic heterocycles. The molecule has 1 aliphatic heterocycles. The van der Waals surface area contributed by atoms with Crippen molar-refractivity contribution in [3.8, 4) is 0 Å². The van der Waals surface area contributed by atoms with E-state index in [1.54, 1.807) is 6.20 Å². The van der Waals surface area contributed by atoms with E-state index < -0.39 is 0 Å². The SMILES string of the molecule is CCc1nccc(C)c1C(=O)NCC1=CC=C(CN(C2CCNCC2)C2CCCc3cccnc32)C=CC1. The van der Waals surface area contributed by atoms with Crippen LogP contribution in [0.2, 0.25) is 0 Å². The summed E-state index contributed by atoms with van der Waals surface area (Å²) in [5.41, 5.74) is 7.79. The van der Waals surface area contributed by atoms with Crippen molar-refractivity contribution in [3.63, 3.8) is 0 Å². The van der Waals surface area contributed by atoms with Gasteiger partial charge in [0, 0.05) is 31.5 Å². The minimum absolute atomic E-state index is 0.0358. The van der Waals surface area contributed by atoms with Gasteiger partial charge in [-0.15, -0.1) is 0 Å². The van der Waals surface area contributed by atoms with Crippen molar-refractivity contribution in [1.29, 1.82) is 0 Å². The molecule has 1 fully saturated rings. The number of allylic oxidation sites excluding steroid dienone is 3. The minimum atomic E-state index is -0.0358. The molecule has 1 unspecified atom stereocenters. The molecule has 200 valence electrons. The normalized spacial score (nSPS) is 19.9. The molecular formula is C32H41N5O. The third kappa shape index (κ3) is 6.13. The number of nitrogens with one attached hydrogen (secondary N) is 2. The summed E-state index contributed by atoms with van der Waals surface area (Å²) in [7, 11) is 0. The van der Waals surface area contributed by atoms with Gasteiger partial charge in [0.25, 0.3) is 5.91 Å². The Bertz CT molecular complexity index is 1220. The Hall–Kier alpha value is -3.09. The molecule has 3 aliphatic rings. The van der Waals surface area contributed by atoms with Crippen LogP contribution in [0.3, 0.4) is 0 Å². The lowest BCUT2D eigenvalue weighted by Crippen LogP contribution is -2.46. The van der Waals surface area contributed by atoms with Crippen molar-refractivity contribution >= 4 is 5.91 Å². The summed E-state index contributed by atoms with van der Waals surface area (Å²) >= 11 is 0. The molecule has 0 radical (unpaired) electrons. The second kappa shape index (κ2) is 12.6. The highest BCUT2D eigenvalue weighted by atomic mass is 16.1. The maximum atomic E-state index is 13.0. The number of aryl methyl sites for hydroxylation is 3. The molecule has 0 spiro atoms. The van der Waals surface area contributed by atoms with Gasteiger partial charge in [-0.05, 0) is 99.4 Å². The van der Waals surface area contributed by atoms with Gasteiger partial charge in [-0.1, -0.05) is 37.3 Å². The van der Waals surface area contributed by atoms with Crippen LogP contribution in [0.4, 0.5) is 0 Å². The lowest BCUT2D eigenvalue weighted by atomic mass is 9.88. The van der Waals surface area contributed by atoms with Gasteiger partial charge in [-0.2, -0.15) is 0 Å². The monoisotopic (exact) mass is 511 g/mol. The van der Waals surface area contributed by atoms with E-state index in [0.29, 0.717) is 18.6 Å². The molecule has 2 aliphatic carbocycles. The highest BCUT2D eigenvalue weighted by molar-refractivity contribution is 5.96. The third-order valence-electron chi connectivity index (χ3n) is 8.23. The number of amides is 1. The highest BCUT2D eigenvalue weighted by Crippen LogP contribution is 2.36. The highest BCUT2D eigenvalue weighted by Gasteiger charge is 2.32. The Kier molecular flexibility index (Phi) is 8.82. The molecule has 0 saturated carbocycles. The quantitative estimate of drug-likeness (QED) is 0.521. The summed E-state index contributed by atoms with van der Waals surface area (Å²) in [6.45, 7) is 7.65. The van der Waals surface area contributed by atoms with Crippen LogP contribution >= 0.6 is 0 Å². The molecule has 6 nitrogen and oxygen atoms in total. The number of fused-ring (bicyclic) bond motifs is 1. The van der Waals surface area contributed by atoms with Crippen LogP contribution in [0.5, 0.6) is 0 Å². The van der Waals surface area contributed by atoms with Crippen molar-refractivity contribution in [2.45, 2.75) is 70.9 Å². The average molecular weight is 512 g/mol. The number of carbonyl (C=O) groups is 1. The van der Waals surface area contributed by atoms with Gasteiger partial charge >= 0.3 is 0 Å². The van der Waals surface area contributed by atoms with Gasteiger partial charge in [-0.25, -0.2) is 0 Å². The van der Waals surface area contributed by atoms with Gasteiger partial charge in [0.15, 0.2) is 0 Å². The summed E-state index contributed by atoms with van der Waals surface area (Å²) < 4.78 is 0. The molecule has 2 N–H and O–H groups in total. The van der Waals surface area contributed by atoms with E-state index in [9.17, 15) is 4.79 Å². The van der Waals surface area contributed by atoms with Crippen molar-refractivity contribution < 1.29 is 4.79 Å². The second-order valence-electron chi connectivity index (χ2n) is 10.8. The summed E-state index contributed by atoms with van der Waals surface area (Å²) in [5, 5.41) is 6.68. The van der Waals surface area contributed by atoms with Gasteiger partial charge < -0.3 is 10.6 Å². The van der Waals surface area contributed by atoms with Crippen molar-refractivity contribution in [1.82, 2.24) is 25.5 Å². The molecule has 2 aromatic rings. The van der Waals surface area contributed by atoms with Gasteiger partial charge in [-0.3, -0.25) is 19.7 Å². The zero-order valence-corrected chi connectivity index (χ0v) is 22.9. The molecule has 1 atom stereocenters. The van der Waals surface area contributed by atoms with E-state index in [1.165, 1.54) is 48.1 Å². The van der Waals surface area contributed by atoms with E-state index >= 15 is 0 Å². The van der Waals surface area contributed by atoms with Gasteiger partial charge in [0.2, 0.25) is 0 Å². The predicted octanol–water partition coefficient (Wildman–Crippen LogP) is 5.02. The Labute approximate surface area is 227 Å². The smallest absolute Gasteiger partial charge is 0.253 e. The van der Waals surface area contributed by atoms with Crippen molar-refractivity contribution in [2.24, 2.45) is 0 Å². The summed E-state index contributed by atoms with van der Waals surface area (Å²) in [6, 6.07) is 7.19. The largest absolute Gasteiger partial charge is 0.348 e. The maximum absolute atomic E-state index is 13.0. The van der Waals surface area contributed by atoms with Crippen molar-refractivity contribution in [3.05, 3.63) is 94.1 Å². The molecule has 5 rings (SSSR count). The van der Waals surface area contributed by atoms with E-state index in [1.807, 2.05) is 26.1 Å². The van der Waals surface area contributed by atoms with Crippen molar-refractivity contribution in [2.75, 3.05) is 26.2 Å². The second-order valence-corrected chi connectivity index (χ2v) is 10.8. The van der Waals surface area contributed by atoms with Crippen LogP contribution in [-0.4, -0.2) is 53.0 Å². The molecule has 1 amide bonds. The Balaban J connectivity index is 1.31. The van der Waals surface area contributed by atoms with Crippen LogP contribution in [0, 0.1) is 6.92 Å². The summed E-state index contributed by atoms with van der Waals surface area (Å²) in [4.78, 5) is 25.0. The van der Waals surface area contributed by atoms with Crippen LogP contribution in [0.25, 0.3) is 0 Å². The van der Waals surface area contributed by atoms with Crippen LogP contribution in [0.1, 0.15) is 77.9 Å². The number of pyridine rings is 2. The Morgan fingerprint density at radius 3 is 2.84 bits per heavy atom. The van der Waals surface area contributed by atoms with Crippen LogP contribution in [-0.2, 0) is 12.8 Å². The van der Waals surface area contributed by atoms with E-state index in [0.717, 1.165) is 55.7 Å². The number of aromatic nitrogens is 2. The molecule has 1 saturated heterocycles. The molecule has 0 aromatic carbocycles. The molecule has 38 heavy (non-hydrogen) atoms. The Morgan fingerprint density at radius 2 is 2.00 bits per heavy atom. The zero-order chi connectivity index (χ0) is 26.3. The maximum Gasteiger partial charge on any atom is 0.253 e. The number of rotatable bonds is 8. The third-order valence-corrected chi connectivity index (χ3v) is 8.23. The topological polar surface area (TPSA) is 70.2 Å². The zero-order valence-electron chi connectivity index (χ0n) is 22.9. The number of piperidine rings is 1. The van der Waals surface area contributed by atoms with E-state index in [2.05, 4.69) is 57.0 Å². The average Bonchev–Trinajstić information content (AvgIpc) is 3.19. The first-order valence-corrected chi connectivity index (χ1v) is 14.3. The molecule has 0 bridgehead atoms. The lowest BCUT2D eigenvalue weighted by molar-refractivity contribution is 0.0955. The number of hydrogen-bond donors (Lipinski definition) is 2. The fourth-order valence-electron chi connectivity index (χ4n) is 6.17. The summed E-state index contributed by atoms with van der Waals surface area (Å²) in [6.07, 6.45) is 20.2. The molecular weight excluding hydrogens is 470 g/mol. The Morgan fingerprint density at radius 1 is 1.13 bits per heavy atom. The standard InChI is InChI=1S/C32H41N5O/c1-3-28-30(23(2)14-20-34-28)32(38)36-21-24-7-4-8-25(13-12-24)22-37(27-15-18-33-19-16-27)29-11-5-9-26-10-6-17-35-31(26)29/h4,6,8,10,12-14,17,20,27,29,33H,3,5,7,9,11,15-16,18-19,21-22H2,1-2H3,(H,36,38). The number of hydrogen-bond acceptors (Lipinski definition) is 5. The lowest BCUT2D eigenvalue weighted by Gasteiger charge is -2.42. The number of nitrogens with zero attached hydrogens (tertiary/aromatic N) is 3. The van der Waals surface area contributed by atoms with E-state index in [4.69, 9.17) is 4.98 Å². The minimum Gasteiger partial charge on any atom is -0.348 e. The number of carbonyl (C=O) groups excluding carboxylic acids is 1. The first-order chi connectivity index (χ1) is 18.6. The fourth-order valence-corrected chi connectivity index (χ4v) is 6.17. The first kappa shape index (κ1) is 26.5. The molecule has 3 heterocycles.